The molecule has 112 valence electrons. The van der Waals surface area contributed by atoms with E-state index in [-0.39, 0.29) is 6.04 Å². The molecule has 1 N–H and O–H groups in total. The largest absolute Gasteiger partial charge is 0.310 e. The van der Waals surface area contributed by atoms with Crippen LogP contribution in [0.3, 0.4) is 0 Å². The minimum Gasteiger partial charge on any atom is -0.310 e. The van der Waals surface area contributed by atoms with Crippen LogP contribution in [0.15, 0.2) is 40.9 Å². The van der Waals surface area contributed by atoms with Gasteiger partial charge in [-0.3, -0.25) is 0 Å². The van der Waals surface area contributed by atoms with Crippen molar-refractivity contribution in [3.8, 4) is 0 Å². The Morgan fingerprint density at radius 2 is 2.00 bits per heavy atom. The van der Waals surface area contributed by atoms with Crippen molar-refractivity contribution in [2.45, 2.75) is 19.4 Å². The molecule has 0 bridgehead atoms. The Bertz CT molecular complexity index is 634. The van der Waals surface area contributed by atoms with Gasteiger partial charge in [0.1, 0.15) is 0 Å². The highest BCUT2D eigenvalue weighted by Gasteiger charge is 2.16. The third-order valence-corrected chi connectivity index (χ3v) is 4.47. The SMILES string of the molecule is CCNC(Cc1cccc(F)c1F)c1ccc(Cl)c(Br)c1. The third kappa shape index (κ3) is 4.02. The summed E-state index contributed by atoms with van der Waals surface area (Å²) in [5.74, 6) is -1.60. The van der Waals surface area contributed by atoms with E-state index in [9.17, 15) is 8.78 Å². The van der Waals surface area contributed by atoms with Crippen LogP contribution in [-0.2, 0) is 6.42 Å². The molecule has 21 heavy (non-hydrogen) atoms. The van der Waals surface area contributed by atoms with E-state index in [1.165, 1.54) is 6.07 Å². The zero-order valence-electron chi connectivity index (χ0n) is 11.5. The number of halogens is 4. The summed E-state index contributed by atoms with van der Waals surface area (Å²) in [6, 6.07) is 9.71. The number of rotatable bonds is 5. The quantitative estimate of drug-likeness (QED) is 0.751. The lowest BCUT2D eigenvalue weighted by Crippen LogP contribution is -2.23. The van der Waals surface area contributed by atoms with Crippen molar-refractivity contribution in [2.75, 3.05) is 6.54 Å². The molecule has 0 heterocycles. The van der Waals surface area contributed by atoms with Gasteiger partial charge in [-0.15, -0.1) is 0 Å². The summed E-state index contributed by atoms with van der Waals surface area (Å²) in [5.41, 5.74) is 1.32. The van der Waals surface area contributed by atoms with E-state index in [4.69, 9.17) is 11.6 Å². The summed E-state index contributed by atoms with van der Waals surface area (Å²) in [4.78, 5) is 0. The molecule has 0 saturated heterocycles. The van der Waals surface area contributed by atoms with E-state index in [1.807, 2.05) is 19.1 Å². The van der Waals surface area contributed by atoms with Crippen molar-refractivity contribution >= 4 is 27.5 Å². The van der Waals surface area contributed by atoms with Gasteiger partial charge in [0.25, 0.3) is 0 Å². The Balaban J connectivity index is 2.30. The lowest BCUT2D eigenvalue weighted by Gasteiger charge is -2.19. The van der Waals surface area contributed by atoms with Crippen LogP contribution in [0.2, 0.25) is 5.02 Å². The van der Waals surface area contributed by atoms with Crippen molar-refractivity contribution < 1.29 is 8.78 Å². The highest BCUT2D eigenvalue weighted by atomic mass is 79.9. The van der Waals surface area contributed by atoms with Crippen LogP contribution in [0.1, 0.15) is 24.1 Å². The Morgan fingerprint density at radius 1 is 1.24 bits per heavy atom. The van der Waals surface area contributed by atoms with Gasteiger partial charge in [0.2, 0.25) is 0 Å². The summed E-state index contributed by atoms with van der Waals surface area (Å²) in [6.07, 6.45) is 0.367. The standard InChI is InChI=1S/C16H15BrClF2N/c1-2-21-15(10-6-7-13(18)12(17)8-10)9-11-4-3-5-14(19)16(11)20/h3-8,15,21H,2,9H2,1H3. The van der Waals surface area contributed by atoms with Crippen LogP contribution in [0.5, 0.6) is 0 Å². The molecule has 2 rings (SSSR count). The first-order valence-electron chi connectivity index (χ1n) is 6.64. The number of nitrogens with one attached hydrogen (secondary N) is 1. The van der Waals surface area contributed by atoms with E-state index in [2.05, 4.69) is 21.2 Å². The van der Waals surface area contributed by atoms with Crippen LogP contribution in [0, 0.1) is 11.6 Å². The Morgan fingerprint density at radius 3 is 2.67 bits per heavy atom. The molecule has 0 aliphatic carbocycles. The average Bonchev–Trinajstić information content (AvgIpc) is 2.46. The van der Waals surface area contributed by atoms with Crippen LogP contribution in [0.4, 0.5) is 8.78 Å². The lowest BCUT2D eigenvalue weighted by molar-refractivity contribution is 0.481. The van der Waals surface area contributed by atoms with Crippen LogP contribution in [-0.4, -0.2) is 6.54 Å². The monoisotopic (exact) mass is 373 g/mol. The molecule has 0 aliphatic heterocycles. The van der Waals surface area contributed by atoms with Crippen LogP contribution < -0.4 is 5.32 Å². The Labute approximate surface area is 136 Å². The molecule has 0 amide bonds. The smallest absolute Gasteiger partial charge is 0.162 e. The second-order valence-corrected chi connectivity index (χ2v) is 5.96. The first-order valence-corrected chi connectivity index (χ1v) is 7.81. The topological polar surface area (TPSA) is 12.0 Å². The van der Waals surface area contributed by atoms with Crippen LogP contribution in [0.25, 0.3) is 0 Å². The zero-order valence-corrected chi connectivity index (χ0v) is 13.8. The Kier molecular flexibility index (Phi) is 5.73. The first-order chi connectivity index (χ1) is 10.0. The van der Waals surface area contributed by atoms with Gasteiger partial charge in [0.15, 0.2) is 11.6 Å². The van der Waals surface area contributed by atoms with Crippen LogP contribution >= 0.6 is 27.5 Å². The maximum absolute atomic E-state index is 13.8. The van der Waals surface area contributed by atoms with Crippen molar-refractivity contribution in [1.82, 2.24) is 5.32 Å². The zero-order chi connectivity index (χ0) is 15.4. The molecule has 1 atom stereocenters. The highest BCUT2D eigenvalue weighted by molar-refractivity contribution is 9.10. The second-order valence-electron chi connectivity index (χ2n) is 4.70. The summed E-state index contributed by atoms with van der Waals surface area (Å²) in [6.45, 7) is 2.70. The van der Waals surface area contributed by atoms with Crippen molar-refractivity contribution in [3.63, 3.8) is 0 Å². The molecule has 2 aromatic carbocycles. The molecule has 5 heteroatoms. The maximum atomic E-state index is 13.8. The molecule has 2 aromatic rings. The van der Waals surface area contributed by atoms with Gasteiger partial charge < -0.3 is 5.32 Å². The molecule has 0 aromatic heterocycles. The first kappa shape index (κ1) is 16.4. The molecular formula is C16H15BrClF2N. The number of hydrogen-bond donors (Lipinski definition) is 1. The summed E-state index contributed by atoms with van der Waals surface area (Å²) >= 11 is 9.37. The number of likely N-dealkylation sites (N-methyl/N-ethyl adjacent to an activating group) is 1. The van der Waals surface area contributed by atoms with E-state index < -0.39 is 11.6 Å². The second kappa shape index (κ2) is 7.34. The summed E-state index contributed by atoms with van der Waals surface area (Å²) in [7, 11) is 0. The van der Waals surface area contributed by atoms with E-state index >= 15 is 0 Å². The fourth-order valence-corrected chi connectivity index (χ4v) is 2.72. The summed E-state index contributed by atoms with van der Waals surface area (Å²) < 4.78 is 27.9. The van der Waals surface area contributed by atoms with Gasteiger partial charge >= 0.3 is 0 Å². The van der Waals surface area contributed by atoms with Gasteiger partial charge in [0, 0.05) is 10.5 Å². The van der Waals surface area contributed by atoms with Gasteiger partial charge in [0.05, 0.1) is 5.02 Å². The molecule has 0 spiro atoms. The molecule has 0 aliphatic rings. The fraction of sp³-hybridized carbons (Fsp3) is 0.250. The van der Waals surface area contributed by atoms with Crippen molar-refractivity contribution in [3.05, 3.63) is 68.7 Å². The molecule has 0 radical (unpaired) electrons. The lowest BCUT2D eigenvalue weighted by atomic mass is 9.98. The van der Waals surface area contributed by atoms with Gasteiger partial charge in [-0.05, 0) is 58.2 Å². The molecule has 0 saturated carbocycles. The van der Waals surface area contributed by atoms with Crippen molar-refractivity contribution in [2.24, 2.45) is 0 Å². The number of hydrogen-bond acceptors (Lipinski definition) is 1. The highest BCUT2D eigenvalue weighted by Crippen LogP contribution is 2.28. The van der Waals surface area contributed by atoms with Gasteiger partial charge in [-0.1, -0.05) is 36.7 Å². The molecule has 1 nitrogen and oxygen atoms in total. The molecular weight excluding hydrogens is 360 g/mol. The van der Waals surface area contributed by atoms with Gasteiger partial charge in [-0.2, -0.15) is 0 Å². The predicted octanol–water partition coefficient (Wildman–Crippen LogP) is 5.27. The minimum absolute atomic E-state index is 0.111. The van der Waals surface area contributed by atoms with E-state index in [1.54, 1.807) is 12.1 Å². The molecule has 1 unspecified atom stereocenters. The third-order valence-electron chi connectivity index (χ3n) is 3.25. The minimum atomic E-state index is -0.819. The van der Waals surface area contributed by atoms with E-state index in [0.717, 1.165) is 22.6 Å². The fourth-order valence-electron chi connectivity index (χ4n) is 2.21. The maximum Gasteiger partial charge on any atom is 0.162 e. The number of benzene rings is 2. The molecule has 0 fully saturated rings. The van der Waals surface area contributed by atoms with Crippen molar-refractivity contribution in [1.29, 1.82) is 0 Å². The van der Waals surface area contributed by atoms with Gasteiger partial charge in [-0.25, -0.2) is 8.78 Å². The predicted molar refractivity (Wildman–Crippen MR) is 85.6 cm³/mol. The Hall–Kier alpha value is -0.970. The van der Waals surface area contributed by atoms with E-state index in [0.29, 0.717) is 17.0 Å². The summed E-state index contributed by atoms with van der Waals surface area (Å²) in [5, 5.41) is 3.90. The normalized spacial score (nSPS) is 12.4. The average molecular weight is 375 g/mol.